The molecule has 0 radical (unpaired) electrons. The van der Waals surface area contributed by atoms with E-state index in [2.05, 4.69) is 48.5 Å². The van der Waals surface area contributed by atoms with Crippen LogP contribution in [0.2, 0.25) is 0 Å². The molecule has 4 heteroatoms. The molecule has 0 aromatic carbocycles. The predicted molar refractivity (Wildman–Crippen MR) is 156 cm³/mol. The van der Waals surface area contributed by atoms with Crippen LogP contribution >= 0.6 is 0 Å². The maximum atomic E-state index is 13.6. The third-order valence-corrected chi connectivity index (χ3v) is 11.9. The highest BCUT2D eigenvalue weighted by atomic mass is 16.3. The minimum Gasteiger partial charge on any atom is -0.515 e. The van der Waals surface area contributed by atoms with Gasteiger partial charge in [-0.3, -0.25) is 9.59 Å². The highest BCUT2D eigenvalue weighted by Crippen LogP contribution is 2.68. The van der Waals surface area contributed by atoms with Crippen LogP contribution in [0.5, 0.6) is 0 Å². The molecule has 4 atom stereocenters. The van der Waals surface area contributed by atoms with Gasteiger partial charge in [0.1, 0.15) is 0 Å². The van der Waals surface area contributed by atoms with Crippen molar-refractivity contribution < 1.29 is 19.8 Å². The molecule has 3 aliphatic rings. The molecule has 0 aromatic heterocycles. The number of rotatable bonds is 2. The van der Waals surface area contributed by atoms with Gasteiger partial charge in [0, 0.05) is 24.0 Å². The average Bonchev–Trinajstić information content (AvgIpc) is 2.81. The maximum absolute atomic E-state index is 13.6. The fourth-order valence-corrected chi connectivity index (χ4v) is 8.53. The molecule has 0 aliphatic heterocycles. The lowest BCUT2D eigenvalue weighted by Crippen LogP contribution is -2.57. The second-order valence-corrected chi connectivity index (χ2v) is 15.9. The number of hydrogen-bond donors (Lipinski definition) is 2. The average molecular weight is 529 g/mol. The summed E-state index contributed by atoms with van der Waals surface area (Å²) in [5.41, 5.74) is 0.645. The molecule has 0 heterocycles. The number of aliphatic hydroxyl groups excluding tert-OH is 2. The van der Waals surface area contributed by atoms with Crippen LogP contribution in [0.25, 0.3) is 0 Å². The summed E-state index contributed by atoms with van der Waals surface area (Å²) in [7, 11) is 0. The lowest BCUT2D eigenvalue weighted by molar-refractivity contribution is -0.137. The molecule has 0 spiro atoms. The number of carbonyl (C=O) groups excluding carboxylic acids is 2. The summed E-state index contributed by atoms with van der Waals surface area (Å²) in [5, 5.41) is 20.1. The van der Waals surface area contributed by atoms with Gasteiger partial charge in [0.2, 0.25) is 0 Å². The summed E-state index contributed by atoms with van der Waals surface area (Å²) in [6, 6.07) is 0. The van der Waals surface area contributed by atoms with Crippen molar-refractivity contribution >= 4 is 11.6 Å². The van der Waals surface area contributed by atoms with Crippen LogP contribution in [0, 0.1) is 38.4 Å². The van der Waals surface area contributed by atoms with Gasteiger partial charge in [0.25, 0.3) is 0 Å². The first kappa shape index (κ1) is 31.1. The van der Waals surface area contributed by atoms with E-state index in [1.165, 1.54) is 5.57 Å². The van der Waals surface area contributed by atoms with Crippen molar-refractivity contribution in [3.05, 3.63) is 23.5 Å². The highest BCUT2D eigenvalue weighted by molar-refractivity contribution is 6.01. The summed E-state index contributed by atoms with van der Waals surface area (Å²) >= 11 is 0. The Morgan fingerprint density at radius 1 is 0.895 bits per heavy atom. The molecule has 3 aliphatic carbocycles. The van der Waals surface area contributed by atoms with Gasteiger partial charge in [-0.1, -0.05) is 67.9 Å². The third kappa shape index (κ3) is 5.58. The third-order valence-electron chi connectivity index (χ3n) is 11.9. The minimum absolute atomic E-state index is 0.0418. The standard InChI is InChI=1S/C34H56O4/c1-29(2)13-10-11-25(37)21-27-33(8)22-24(23-36)28(38)31(5,6)26(33)12-14-34(27,9)30(3,4)16-18-32(7,17-15-29)19-20-35/h21,23,26,35-36H,10-20,22H2,1-9H3/b24-23-,27-21-/t26-,32-,33-,34+/m0/s1. The molecular weight excluding hydrogens is 472 g/mol. The van der Waals surface area contributed by atoms with Gasteiger partial charge in [0.15, 0.2) is 11.6 Å². The van der Waals surface area contributed by atoms with E-state index in [0.29, 0.717) is 18.4 Å². The van der Waals surface area contributed by atoms with Gasteiger partial charge in [-0.25, -0.2) is 0 Å². The molecule has 3 rings (SSSR count). The van der Waals surface area contributed by atoms with E-state index in [-0.39, 0.29) is 51.2 Å². The fraction of sp³-hybridized carbons (Fsp3) is 0.824. The Morgan fingerprint density at radius 2 is 1.53 bits per heavy atom. The van der Waals surface area contributed by atoms with Crippen LogP contribution < -0.4 is 0 Å². The molecule has 2 fully saturated rings. The Bertz CT molecular complexity index is 982. The van der Waals surface area contributed by atoms with Gasteiger partial charge < -0.3 is 10.2 Å². The first-order valence-electron chi connectivity index (χ1n) is 15.1. The summed E-state index contributed by atoms with van der Waals surface area (Å²) in [6.45, 7) is 20.6. The molecule has 2 N–H and O–H groups in total. The number of ketones is 2. The lowest BCUT2D eigenvalue weighted by Gasteiger charge is -2.62. The fourth-order valence-electron chi connectivity index (χ4n) is 8.53. The molecule has 4 nitrogen and oxygen atoms in total. The Morgan fingerprint density at radius 3 is 2.13 bits per heavy atom. The molecule has 0 unspecified atom stereocenters. The first-order valence-corrected chi connectivity index (χ1v) is 15.1. The van der Waals surface area contributed by atoms with Crippen LogP contribution in [-0.2, 0) is 9.59 Å². The van der Waals surface area contributed by atoms with E-state index in [4.69, 9.17) is 0 Å². The van der Waals surface area contributed by atoms with Crippen molar-refractivity contribution in [1.82, 2.24) is 0 Å². The van der Waals surface area contributed by atoms with Crippen LogP contribution in [-0.4, -0.2) is 28.4 Å². The number of allylic oxidation sites excluding steroid dienone is 3. The first-order chi connectivity index (χ1) is 17.4. The molecule has 0 amide bonds. The second-order valence-electron chi connectivity index (χ2n) is 15.9. The van der Waals surface area contributed by atoms with Crippen LogP contribution in [0.3, 0.4) is 0 Å². The van der Waals surface area contributed by atoms with E-state index in [1.807, 2.05) is 19.9 Å². The Kier molecular flexibility index (Phi) is 8.62. The smallest absolute Gasteiger partial charge is 0.167 e. The van der Waals surface area contributed by atoms with E-state index in [1.54, 1.807) is 0 Å². The highest BCUT2D eigenvalue weighted by Gasteiger charge is 2.62. The van der Waals surface area contributed by atoms with Crippen molar-refractivity contribution in [1.29, 1.82) is 0 Å². The number of fused-ring (bicyclic) bond motifs is 3. The topological polar surface area (TPSA) is 74.6 Å². The lowest BCUT2D eigenvalue weighted by atomic mass is 9.41. The van der Waals surface area contributed by atoms with Crippen molar-refractivity contribution in [3.8, 4) is 0 Å². The van der Waals surface area contributed by atoms with E-state index < -0.39 is 5.41 Å². The molecule has 2 saturated carbocycles. The Labute approximate surface area is 232 Å². The monoisotopic (exact) mass is 528 g/mol. The van der Waals surface area contributed by atoms with Gasteiger partial charge in [-0.15, -0.1) is 0 Å². The van der Waals surface area contributed by atoms with Gasteiger partial charge in [-0.05, 0) is 103 Å². The number of hydrogen-bond acceptors (Lipinski definition) is 4. The van der Waals surface area contributed by atoms with Gasteiger partial charge >= 0.3 is 0 Å². The molecule has 216 valence electrons. The van der Waals surface area contributed by atoms with Crippen molar-refractivity contribution in [2.45, 2.75) is 133 Å². The SMILES string of the molecule is CC1(C)CCCC(=O)/C=C2/[C@@]3(C)C/C(=C/O)C(=O)C(C)(C)[C@@H]3CC[C@@]2(C)C(C)(C)CC[C@@](C)(CCO)CC1. The molecule has 0 saturated heterocycles. The normalized spacial score (nSPS) is 40.4. The summed E-state index contributed by atoms with van der Waals surface area (Å²) in [6.07, 6.45) is 12.9. The number of carbonyl (C=O) groups is 2. The maximum Gasteiger partial charge on any atom is 0.167 e. The largest absolute Gasteiger partial charge is 0.515 e. The molecular formula is C34H56O4. The summed E-state index contributed by atoms with van der Waals surface area (Å²) < 4.78 is 0. The Balaban J connectivity index is 2.16. The van der Waals surface area contributed by atoms with E-state index in [0.717, 1.165) is 64.0 Å². The van der Waals surface area contributed by atoms with Crippen molar-refractivity contribution in [2.24, 2.45) is 38.4 Å². The van der Waals surface area contributed by atoms with Crippen LogP contribution in [0.15, 0.2) is 23.5 Å². The van der Waals surface area contributed by atoms with Crippen LogP contribution in [0.4, 0.5) is 0 Å². The molecule has 0 aromatic rings. The van der Waals surface area contributed by atoms with Gasteiger partial charge in [0.05, 0.1) is 6.26 Å². The predicted octanol–water partition coefficient (Wildman–Crippen LogP) is 8.53. The van der Waals surface area contributed by atoms with Crippen molar-refractivity contribution in [3.63, 3.8) is 0 Å². The quantitative estimate of drug-likeness (QED) is 0.278. The summed E-state index contributed by atoms with van der Waals surface area (Å²) in [4.78, 5) is 27.0. The minimum atomic E-state index is -0.597. The zero-order chi connectivity index (χ0) is 28.8. The van der Waals surface area contributed by atoms with E-state index >= 15 is 0 Å². The molecule has 0 bridgehead atoms. The van der Waals surface area contributed by atoms with Crippen LogP contribution in [0.1, 0.15) is 133 Å². The zero-order valence-corrected chi connectivity index (χ0v) is 25.9. The summed E-state index contributed by atoms with van der Waals surface area (Å²) in [5.74, 6) is 0.359. The number of Topliss-reactive ketones (excluding diaryl/α,β-unsaturated/α-hetero) is 1. The zero-order valence-electron chi connectivity index (χ0n) is 25.9. The Hall–Kier alpha value is -1.42. The molecule has 38 heavy (non-hydrogen) atoms. The second kappa shape index (κ2) is 10.5. The van der Waals surface area contributed by atoms with Crippen molar-refractivity contribution in [2.75, 3.05) is 6.61 Å². The van der Waals surface area contributed by atoms with E-state index in [9.17, 15) is 19.8 Å². The van der Waals surface area contributed by atoms with Gasteiger partial charge in [-0.2, -0.15) is 0 Å². The number of aliphatic hydroxyl groups is 2.